The Bertz CT molecular complexity index is 903. The molecule has 0 saturated heterocycles. The number of methoxy groups -OCH3 is 1. The van der Waals surface area contributed by atoms with Gasteiger partial charge in [-0.25, -0.2) is 12.7 Å². The number of hydrogen-bond acceptors (Lipinski definition) is 5. The summed E-state index contributed by atoms with van der Waals surface area (Å²) in [4.78, 5) is 15.9. The maximum atomic E-state index is 12.9. The fraction of sp³-hybridized carbons (Fsp3) is 0.353. The van der Waals surface area contributed by atoms with E-state index in [-0.39, 0.29) is 16.6 Å². The van der Waals surface area contributed by atoms with Crippen LogP contribution in [0, 0.1) is 0 Å². The van der Waals surface area contributed by atoms with Gasteiger partial charge in [-0.3, -0.25) is 4.79 Å². The number of hydrogen-bond donors (Lipinski definition) is 0. The van der Waals surface area contributed by atoms with Crippen molar-refractivity contribution in [2.75, 3.05) is 27.7 Å². The van der Waals surface area contributed by atoms with E-state index in [1.807, 2.05) is 11.4 Å². The third-order valence-corrected chi connectivity index (χ3v) is 7.12. The molecule has 1 aliphatic heterocycles. The number of fused-ring (bicyclic) bond motifs is 1. The van der Waals surface area contributed by atoms with Crippen LogP contribution in [0.5, 0.6) is 5.75 Å². The van der Waals surface area contributed by atoms with Gasteiger partial charge in [0.05, 0.1) is 7.11 Å². The smallest absolute Gasteiger partial charge is 0.254 e. The maximum absolute atomic E-state index is 12.9. The third kappa shape index (κ3) is 3.29. The second-order valence-corrected chi connectivity index (χ2v) is 9.12. The van der Waals surface area contributed by atoms with Gasteiger partial charge >= 0.3 is 0 Å². The Kier molecular flexibility index (Phi) is 4.86. The highest BCUT2D eigenvalue weighted by molar-refractivity contribution is 7.89. The van der Waals surface area contributed by atoms with Gasteiger partial charge in [0.25, 0.3) is 5.91 Å². The molecule has 1 aromatic heterocycles. The Hall–Kier alpha value is -1.90. The summed E-state index contributed by atoms with van der Waals surface area (Å²) >= 11 is 1.71. The molecule has 2 aromatic rings. The van der Waals surface area contributed by atoms with Crippen LogP contribution in [0.15, 0.2) is 34.5 Å². The van der Waals surface area contributed by atoms with E-state index >= 15 is 0 Å². The van der Waals surface area contributed by atoms with E-state index < -0.39 is 10.0 Å². The van der Waals surface area contributed by atoms with Crippen molar-refractivity contribution in [2.24, 2.45) is 0 Å². The second kappa shape index (κ2) is 6.78. The van der Waals surface area contributed by atoms with Gasteiger partial charge in [-0.1, -0.05) is 0 Å². The molecule has 25 heavy (non-hydrogen) atoms. The van der Waals surface area contributed by atoms with Crippen molar-refractivity contribution in [3.8, 4) is 5.75 Å². The van der Waals surface area contributed by atoms with E-state index in [0.717, 1.165) is 10.7 Å². The molecule has 0 fully saturated rings. The Labute approximate surface area is 151 Å². The Morgan fingerprint density at radius 3 is 2.72 bits per heavy atom. The van der Waals surface area contributed by atoms with Gasteiger partial charge in [0.2, 0.25) is 10.0 Å². The molecule has 134 valence electrons. The molecule has 0 N–H and O–H groups in total. The summed E-state index contributed by atoms with van der Waals surface area (Å²) < 4.78 is 31.3. The minimum Gasteiger partial charge on any atom is -0.495 e. The van der Waals surface area contributed by atoms with Crippen LogP contribution in [0.25, 0.3) is 0 Å². The molecular weight excluding hydrogens is 360 g/mol. The van der Waals surface area contributed by atoms with Crippen molar-refractivity contribution in [1.29, 1.82) is 0 Å². The van der Waals surface area contributed by atoms with Gasteiger partial charge in [0.15, 0.2) is 0 Å². The quantitative estimate of drug-likeness (QED) is 0.816. The molecule has 0 saturated carbocycles. The summed E-state index contributed by atoms with van der Waals surface area (Å²) in [5.41, 5.74) is 1.51. The Balaban J connectivity index is 1.94. The molecular formula is C17H20N2O4S2. The second-order valence-electron chi connectivity index (χ2n) is 6.00. The fourth-order valence-corrected chi connectivity index (χ4v) is 4.78. The van der Waals surface area contributed by atoms with Gasteiger partial charge < -0.3 is 9.64 Å². The van der Waals surface area contributed by atoms with E-state index in [1.54, 1.807) is 22.3 Å². The Morgan fingerprint density at radius 2 is 2.04 bits per heavy atom. The summed E-state index contributed by atoms with van der Waals surface area (Å²) in [6, 6.07) is 6.58. The maximum Gasteiger partial charge on any atom is 0.254 e. The molecule has 0 bridgehead atoms. The zero-order valence-corrected chi connectivity index (χ0v) is 16.0. The van der Waals surface area contributed by atoms with Crippen LogP contribution >= 0.6 is 11.3 Å². The number of carbonyl (C=O) groups excluding carboxylic acids is 1. The highest BCUT2D eigenvalue weighted by Crippen LogP contribution is 2.29. The van der Waals surface area contributed by atoms with Crippen LogP contribution < -0.4 is 4.74 Å². The lowest BCUT2D eigenvalue weighted by atomic mass is 10.1. The summed E-state index contributed by atoms with van der Waals surface area (Å²) in [6.07, 6.45) is 0.831. The van der Waals surface area contributed by atoms with Crippen LogP contribution in [0.4, 0.5) is 0 Å². The standard InChI is InChI=1S/C17H20N2O4S2/c1-18(2)25(21,22)16-10-12(4-5-14(16)23-3)17(20)19-8-6-15-13(11-19)7-9-24-15/h4-5,7,9-10H,6,8,11H2,1-3H3. The van der Waals surface area contributed by atoms with E-state index in [1.165, 1.54) is 43.8 Å². The first-order valence-electron chi connectivity index (χ1n) is 7.79. The van der Waals surface area contributed by atoms with Crippen molar-refractivity contribution in [3.05, 3.63) is 45.6 Å². The third-order valence-electron chi connectivity index (χ3n) is 4.26. The van der Waals surface area contributed by atoms with Gasteiger partial charge in [0.1, 0.15) is 10.6 Å². The van der Waals surface area contributed by atoms with E-state index in [0.29, 0.717) is 18.7 Å². The van der Waals surface area contributed by atoms with E-state index in [9.17, 15) is 13.2 Å². The fourth-order valence-electron chi connectivity index (χ4n) is 2.81. The van der Waals surface area contributed by atoms with E-state index in [4.69, 9.17) is 4.74 Å². The van der Waals surface area contributed by atoms with Gasteiger partial charge in [0, 0.05) is 37.6 Å². The van der Waals surface area contributed by atoms with Crippen LogP contribution in [0.3, 0.4) is 0 Å². The summed E-state index contributed by atoms with van der Waals surface area (Å²) in [6.45, 7) is 1.19. The first-order valence-corrected chi connectivity index (χ1v) is 10.1. The average Bonchev–Trinajstić information content (AvgIpc) is 3.08. The van der Waals surface area contributed by atoms with E-state index in [2.05, 4.69) is 0 Å². The number of ether oxygens (including phenoxy) is 1. The monoisotopic (exact) mass is 380 g/mol. The van der Waals surface area contributed by atoms with Crippen molar-refractivity contribution in [3.63, 3.8) is 0 Å². The molecule has 0 unspecified atom stereocenters. The molecule has 1 amide bonds. The van der Waals surface area contributed by atoms with Crippen LogP contribution in [-0.2, 0) is 23.0 Å². The lowest BCUT2D eigenvalue weighted by Gasteiger charge is -2.27. The zero-order valence-electron chi connectivity index (χ0n) is 14.4. The molecule has 3 rings (SSSR count). The largest absolute Gasteiger partial charge is 0.495 e. The number of amides is 1. The highest BCUT2D eigenvalue weighted by atomic mass is 32.2. The number of thiophene rings is 1. The summed E-state index contributed by atoms with van der Waals surface area (Å²) in [5, 5.41) is 2.04. The highest BCUT2D eigenvalue weighted by Gasteiger charge is 2.27. The number of rotatable bonds is 4. The molecule has 6 nitrogen and oxygen atoms in total. The van der Waals surface area contributed by atoms with Gasteiger partial charge in [-0.2, -0.15) is 0 Å². The molecule has 0 aliphatic carbocycles. The number of carbonyl (C=O) groups is 1. The van der Waals surface area contributed by atoms with Crippen LogP contribution in [0.1, 0.15) is 20.8 Å². The average molecular weight is 380 g/mol. The predicted molar refractivity (Wildman–Crippen MR) is 96.6 cm³/mol. The predicted octanol–water partition coefficient (Wildman–Crippen LogP) is 2.21. The zero-order chi connectivity index (χ0) is 18.2. The van der Waals surface area contributed by atoms with Crippen LogP contribution in [-0.4, -0.2) is 51.3 Å². The number of benzene rings is 1. The molecule has 1 aliphatic rings. The molecule has 2 heterocycles. The van der Waals surface area contributed by atoms with Gasteiger partial charge in [-0.05, 0) is 41.6 Å². The normalized spacial score (nSPS) is 14.5. The lowest BCUT2D eigenvalue weighted by Crippen LogP contribution is -2.35. The lowest BCUT2D eigenvalue weighted by molar-refractivity contribution is 0.0735. The Morgan fingerprint density at radius 1 is 1.28 bits per heavy atom. The van der Waals surface area contributed by atoms with Crippen molar-refractivity contribution in [1.82, 2.24) is 9.21 Å². The number of sulfonamides is 1. The van der Waals surface area contributed by atoms with Gasteiger partial charge in [-0.15, -0.1) is 11.3 Å². The summed E-state index contributed by atoms with van der Waals surface area (Å²) in [7, 11) is 0.605. The minimum absolute atomic E-state index is 0.000850. The molecule has 0 atom stereocenters. The van der Waals surface area contributed by atoms with Crippen molar-refractivity contribution in [2.45, 2.75) is 17.9 Å². The SMILES string of the molecule is COc1ccc(C(=O)N2CCc3sccc3C2)cc1S(=O)(=O)N(C)C. The topological polar surface area (TPSA) is 66.9 Å². The van der Waals surface area contributed by atoms with Crippen molar-refractivity contribution < 1.29 is 17.9 Å². The minimum atomic E-state index is -3.71. The van der Waals surface area contributed by atoms with Crippen LogP contribution in [0.2, 0.25) is 0 Å². The molecule has 8 heteroatoms. The first kappa shape index (κ1) is 17.9. The van der Waals surface area contributed by atoms with Crippen molar-refractivity contribution >= 4 is 27.3 Å². The summed E-state index contributed by atoms with van der Waals surface area (Å²) in [5.74, 6) is 0.0544. The molecule has 1 aromatic carbocycles. The molecule has 0 radical (unpaired) electrons. The number of nitrogens with zero attached hydrogens (tertiary/aromatic N) is 2. The molecule has 0 spiro atoms. The first-order chi connectivity index (χ1) is 11.8.